The van der Waals surface area contributed by atoms with Crippen molar-refractivity contribution in [2.75, 3.05) is 33.9 Å². The molecular weight excluding hydrogens is 252 g/mol. The van der Waals surface area contributed by atoms with Crippen molar-refractivity contribution in [1.29, 1.82) is 0 Å². The van der Waals surface area contributed by atoms with Crippen LogP contribution >= 0.6 is 0 Å². The first-order chi connectivity index (χ1) is 9.72. The molecule has 0 amide bonds. The Labute approximate surface area is 121 Å². The van der Waals surface area contributed by atoms with Gasteiger partial charge in [-0.25, -0.2) is 0 Å². The van der Waals surface area contributed by atoms with Crippen LogP contribution in [0.5, 0.6) is 5.75 Å². The summed E-state index contributed by atoms with van der Waals surface area (Å²) in [6.45, 7) is 4.12. The zero-order valence-corrected chi connectivity index (χ0v) is 12.6. The maximum atomic E-state index is 5.74. The van der Waals surface area contributed by atoms with E-state index < -0.39 is 0 Å². The summed E-state index contributed by atoms with van der Waals surface area (Å²) in [5, 5.41) is 0. The molecule has 1 aliphatic rings. The first-order valence-corrected chi connectivity index (χ1v) is 7.35. The lowest BCUT2D eigenvalue weighted by Crippen LogP contribution is -2.23. The predicted molar refractivity (Wildman–Crippen MR) is 80.8 cm³/mol. The maximum absolute atomic E-state index is 5.74. The molecule has 0 heterocycles. The molecule has 0 spiro atoms. The molecule has 1 saturated carbocycles. The standard InChI is InChI=1S/C16H26N2O2/c1-18(7-8-20-12-13-3-4-13)11-14-5-6-16(19-2)15(9-14)10-17/h5-6,9,13H,3-4,7-8,10-12,17H2,1-2H3. The second-order valence-corrected chi connectivity index (χ2v) is 5.61. The quantitative estimate of drug-likeness (QED) is 0.702. The fourth-order valence-electron chi connectivity index (χ4n) is 2.24. The molecule has 0 aliphatic heterocycles. The number of nitrogens with zero attached hydrogens (tertiary/aromatic N) is 1. The molecule has 112 valence electrons. The van der Waals surface area contributed by atoms with Crippen molar-refractivity contribution >= 4 is 0 Å². The van der Waals surface area contributed by atoms with Gasteiger partial charge in [-0.2, -0.15) is 0 Å². The Balaban J connectivity index is 1.75. The van der Waals surface area contributed by atoms with E-state index >= 15 is 0 Å². The lowest BCUT2D eigenvalue weighted by molar-refractivity contribution is 0.102. The van der Waals surface area contributed by atoms with Gasteiger partial charge in [0.25, 0.3) is 0 Å². The summed E-state index contributed by atoms with van der Waals surface area (Å²) in [6.07, 6.45) is 2.70. The van der Waals surface area contributed by atoms with E-state index in [-0.39, 0.29) is 0 Å². The van der Waals surface area contributed by atoms with E-state index in [0.717, 1.165) is 43.5 Å². The minimum atomic E-state index is 0.505. The Morgan fingerprint density at radius 1 is 1.35 bits per heavy atom. The number of ether oxygens (including phenoxy) is 2. The van der Waals surface area contributed by atoms with Crippen molar-refractivity contribution in [2.45, 2.75) is 25.9 Å². The van der Waals surface area contributed by atoms with Crippen LogP contribution in [0.1, 0.15) is 24.0 Å². The molecule has 2 rings (SSSR count). The number of hydrogen-bond donors (Lipinski definition) is 1. The van der Waals surface area contributed by atoms with Gasteiger partial charge in [-0.1, -0.05) is 6.07 Å². The Bertz CT molecular complexity index is 419. The molecule has 20 heavy (non-hydrogen) atoms. The summed E-state index contributed by atoms with van der Waals surface area (Å²) in [6, 6.07) is 6.22. The van der Waals surface area contributed by atoms with Crippen LogP contribution < -0.4 is 10.5 Å². The molecule has 1 aliphatic carbocycles. The minimum absolute atomic E-state index is 0.505. The van der Waals surface area contributed by atoms with Crippen molar-refractivity contribution in [3.63, 3.8) is 0 Å². The number of likely N-dealkylation sites (N-methyl/N-ethyl adjacent to an activating group) is 1. The van der Waals surface area contributed by atoms with Crippen LogP contribution in [0, 0.1) is 5.92 Å². The summed E-state index contributed by atoms with van der Waals surface area (Å²) in [5.41, 5.74) is 8.06. The topological polar surface area (TPSA) is 47.7 Å². The van der Waals surface area contributed by atoms with Gasteiger partial charge in [-0.3, -0.25) is 4.90 Å². The third kappa shape index (κ3) is 4.78. The molecular formula is C16H26N2O2. The van der Waals surface area contributed by atoms with Crippen LogP contribution in [0.2, 0.25) is 0 Å². The predicted octanol–water partition coefficient (Wildman–Crippen LogP) is 2.01. The third-order valence-corrected chi connectivity index (χ3v) is 3.69. The highest BCUT2D eigenvalue weighted by molar-refractivity contribution is 5.37. The maximum Gasteiger partial charge on any atom is 0.123 e. The van der Waals surface area contributed by atoms with E-state index in [0.29, 0.717) is 6.54 Å². The van der Waals surface area contributed by atoms with E-state index in [1.165, 1.54) is 18.4 Å². The normalized spacial score (nSPS) is 14.8. The summed E-state index contributed by atoms with van der Waals surface area (Å²) >= 11 is 0. The summed E-state index contributed by atoms with van der Waals surface area (Å²) in [7, 11) is 3.80. The lowest BCUT2D eigenvalue weighted by atomic mass is 10.1. The molecule has 0 aromatic heterocycles. The van der Waals surface area contributed by atoms with Crippen LogP contribution in [0.15, 0.2) is 18.2 Å². The Kier molecular flexibility index (Phi) is 5.83. The molecule has 0 bridgehead atoms. The molecule has 1 aromatic carbocycles. The molecule has 1 fully saturated rings. The number of methoxy groups -OCH3 is 1. The third-order valence-electron chi connectivity index (χ3n) is 3.69. The van der Waals surface area contributed by atoms with E-state index in [4.69, 9.17) is 15.2 Å². The van der Waals surface area contributed by atoms with Crippen molar-refractivity contribution in [3.8, 4) is 5.75 Å². The fourth-order valence-corrected chi connectivity index (χ4v) is 2.24. The van der Waals surface area contributed by atoms with Gasteiger partial charge in [0.1, 0.15) is 5.75 Å². The van der Waals surface area contributed by atoms with Crippen LogP contribution in [0.3, 0.4) is 0 Å². The highest BCUT2D eigenvalue weighted by atomic mass is 16.5. The van der Waals surface area contributed by atoms with Gasteiger partial charge in [-0.15, -0.1) is 0 Å². The largest absolute Gasteiger partial charge is 0.496 e. The van der Waals surface area contributed by atoms with Gasteiger partial charge >= 0.3 is 0 Å². The van der Waals surface area contributed by atoms with E-state index in [1.807, 2.05) is 6.07 Å². The Morgan fingerprint density at radius 3 is 2.80 bits per heavy atom. The van der Waals surface area contributed by atoms with Gasteiger partial charge in [0.15, 0.2) is 0 Å². The summed E-state index contributed by atoms with van der Waals surface area (Å²) < 4.78 is 11.0. The molecule has 0 unspecified atom stereocenters. The van der Waals surface area contributed by atoms with Crippen molar-refractivity contribution < 1.29 is 9.47 Å². The van der Waals surface area contributed by atoms with E-state index in [1.54, 1.807) is 7.11 Å². The van der Waals surface area contributed by atoms with Gasteiger partial charge in [0, 0.05) is 31.8 Å². The number of benzene rings is 1. The molecule has 4 nitrogen and oxygen atoms in total. The van der Waals surface area contributed by atoms with Crippen molar-refractivity contribution in [1.82, 2.24) is 4.90 Å². The molecule has 0 radical (unpaired) electrons. The average Bonchev–Trinajstić information content (AvgIpc) is 3.27. The van der Waals surface area contributed by atoms with E-state index in [9.17, 15) is 0 Å². The minimum Gasteiger partial charge on any atom is -0.496 e. The highest BCUT2D eigenvalue weighted by Gasteiger charge is 2.20. The van der Waals surface area contributed by atoms with Gasteiger partial charge in [0.05, 0.1) is 13.7 Å². The average molecular weight is 278 g/mol. The van der Waals surface area contributed by atoms with Crippen LogP contribution in [-0.2, 0) is 17.8 Å². The second kappa shape index (κ2) is 7.62. The van der Waals surface area contributed by atoms with Gasteiger partial charge in [0.2, 0.25) is 0 Å². The second-order valence-electron chi connectivity index (χ2n) is 5.61. The summed E-state index contributed by atoms with van der Waals surface area (Å²) in [4.78, 5) is 2.27. The number of nitrogens with two attached hydrogens (primary N) is 1. The monoisotopic (exact) mass is 278 g/mol. The van der Waals surface area contributed by atoms with Crippen LogP contribution in [0.4, 0.5) is 0 Å². The molecule has 0 atom stereocenters. The number of hydrogen-bond acceptors (Lipinski definition) is 4. The van der Waals surface area contributed by atoms with Crippen LogP contribution in [-0.4, -0.2) is 38.8 Å². The zero-order valence-electron chi connectivity index (χ0n) is 12.6. The van der Waals surface area contributed by atoms with Crippen molar-refractivity contribution in [3.05, 3.63) is 29.3 Å². The molecule has 2 N–H and O–H groups in total. The molecule has 4 heteroatoms. The Hall–Kier alpha value is -1.10. The molecule has 1 aromatic rings. The molecule has 0 saturated heterocycles. The van der Waals surface area contributed by atoms with Gasteiger partial charge in [-0.05, 0) is 43.5 Å². The first kappa shape index (κ1) is 15.3. The van der Waals surface area contributed by atoms with Crippen LogP contribution in [0.25, 0.3) is 0 Å². The van der Waals surface area contributed by atoms with Gasteiger partial charge < -0.3 is 15.2 Å². The fraction of sp³-hybridized carbons (Fsp3) is 0.625. The SMILES string of the molecule is COc1ccc(CN(C)CCOCC2CC2)cc1CN. The van der Waals surface area contributed by atoms with E-state index in [2.05, 4.69) is 24.1 Å². The number of rotatable bonds is 9. The van der Waals surface area contributed by atoms with Crippen molar-refractivity contribution in [2.24, 2.45) is 11.7 Å². The highest BCUT2D eigenvalue weighted by Crippen LogP contribution is 2.28. The zero-order chi connectivity index (χ0) is 14.4. The first-order valence-electron chi connectivity index (χ1n) is 7.35. The Morgan fingerprint density at radius 2 is 2.15 bits per heavy atom. The summed E-state index contributed by atoms with van der Waals surface area (Å²) in [5.74, 6) is 1.71. The smallest absolute Gasteiger partial charge is 0.123 e. The lowest BCUT2D eigenvalue weighted by Gasteiger charge is -2.18.